The summed E-state index contributed by atoms with van der Waals surface area (Å²) in [6.45, 7) is 2.28. The van der Waals surface area contributed by atoms with E-state index in [1.807, 2.05) is 12.1 Å². The van der Waals surface area contributed by atoms with Gasteiger partial charge in [-0.3, -0.25) is 0 Å². The van der Waals surface area contributed by atoms with Crippen LogP contribution in [0.25, 0.3) is 0 Å². The Morgan fingerprint density at radius 1 is 1.37 bits per heavy atom. The molecule has 0 atom stereocenters. The predicted octanol–water partition coefficient (Wildman–Crippen LogP) is 4.30. The Balaban J connectivity index is 2.10. The lowest BCUT2D eigenvalue weighted by Gasteiger charge is -2.37. The summed E-state index contributed by atoms with van der Waals surface area (Å²) < 4.78 is 6.54. The van der Waals surface area contributed by atoms with E-state index in [4.69, 9.17) is 10.5 Å². The molecule has 1 fully saturated rings. The number of methoxy groups -OCH3 is 1. The molecule has 1 saturated carbocycles. The summed E-state index contributed by atoms with van der Waals surface area (Å²) in [7, 11) is 1.73. The van der Waals surface area contributed by atoms with Crippen molar-refractivity contribution in [3.05, 3.63) is 28.2 Å². The molecular formula is C16H24BrNO. The van der Waals surface area contributed by atoms with Gasteiger partial charge in [0.15, 0.2) is 0 Å². The summed E-state index contributed by atoms with van der Waals surface area (Å²) in [5.41, 5.74) is 7.77. The molecule has 0 saturated heterocycles. The molecule has 19 heavy (non-hydrogen) atoms. The van der Waals surface area contributed by atoms with Gasteiger partial charge < -0.3 is 10.5 Å². The van der Waals surface area contributed by atoms with Gasteiger partial charge in [-0.1, -0.05) is 29.3 Å². The van der Waals surface area contributed by atoms with Crippen molar-refractivity contribution in [2.24, 2.45) is 11.7 Å². The molecular weight excluding hydrogens is 302 g/mol. The molecule has 0 radical (unpaired) electrons. The Hall–Kier alpha value is -0.540. The number of hydrogen-bond donors (Lipinski definition) is 1. The van der Waals surface area contributed by atoms with E-state index in [9.17, 15) is 0 Å². The van der Waals surface area contributed by atoms with Gasteiger partial charge in [-0.25, -0.2) is 0 Å². The van der Waals surface area contributed by atoms with Crippen LogP contribution in [0.2, 0.25) is 0 Å². The molecule has 1 aliphatic carbocycles. The molecule has 0 aromatic heterocycles. The Bertz CT molecular complexity index is 425. The van der Waals surface area contributed by atoms with Crippen molar-refractivity contribution in [1.82, 2.24) is 0 Å². The highest BCUT2D eigenvalue weighted by atomic mass is 79.9. The molecule has 0 bridgehead atoms. The summed E-state index contributed by atoms with van der Waals surface area (Å²) in [6.07, 6.45) is 6.98. The van der Waals surface area contributed by atoms with Crippen LogP contribution in [0.5, 0.6) is 5.75 Å². The standard InChI is InChI=1S/C16H24BrNO/c1-3-12-6-8-16(18,9-7-12)11-13-10-14(17)4-5-15(13)19-2/h4-5,10,12H,3,6-9,11,18H2,1-2H3. The summed E-state index contributed by atoms with van der Waals surface area (Å²) in [5.74, 6) is 1.83. The Morgan fingerprint density at radius 3 is 2.63 bits per heavy atom. The Kier molecular flexibility index (Phi) is 4.91. The number of nitrogens with two attached hydrogens (primary N) is 1. The van der Waals surface area contributed by atoms with Crippen molar-refractivity contribution >= 4 is 15.9 Å². The van der Waals surface area contributed by atoms with Crippen LogP contribution in [0.15, 0.2) is 22.7 Å². The molecule has 0 spiro atoms. The zero-order valence-electron chi connectivity index (χ0n) is 11.9. The topological polar surface area (TPSA) is 35.2 Å². The van der Waals surface area contributed by atoms with Crippen molar-refractivity contribution in [2.45, 2.75) is 51.0 Å². The van der Waals surface area contributed by atoms with Gasteiger partial charge in [0, 0.05) is 10.0 Å². The minimum atomic E-state index is -0.0558. The normalized spacial score (nSPS) is 27.3. The third-order valence-electron chi connectivity index (χ3n) is 4.46. The molecule has 1 aromatic carbocycles. The van der Waals surface area contributed by atoms with Crippen LogP contribution in [0.4, 0.5) is 0 Å². The molecule has 0 amide bonds. The molecule has 2 N–H and O–H groups in total. The van der Waals surface area contributed by atoms with Gasteiger partial charge in [0.05, 0.1) is 7.11 Å². The largest absolute Gasteiger partial charge is 0.496 e. The minimum absolute atomic E-state index is 0.0558. The van der Waals surface area contributed by atoms with E-state index in [1.165, 1.54) is 24.8 Å². The molecule has 2 nitrogen and oxygen atoms in total. The van der Waals surface area contributed by atoms with Crippen molar-refractivity contribution < 1.29 is 4.74 Å². The summed E-state index contributed by atoms with van der Waals surface area (Å²) >= 11 is 3.53. The van der Waals surface area contributed by atoms with E-state index in [-0.39, 0.29) is 5.54 Å². The minimum Gasteiger partial charge on any atom is -0.496 e. The molecule has 1 aromatic rings. The second-order valence-corrected chi connectivity index (χ2v) is 6.76. The van der Waals surface area contributed by atoms with Gasteiger partial charge in [0.1, 0.15) is 5.75 Å². The van der Waals surface area contributed by atoms with Gasteiger partial charge >= 0.3 is 0 Å². The fraction of sp³-hybridized carbons (Fsp3) is 0.625. The number of benzene rings is 1. The molecule has 106 valence electrons. The van der Waals surface area contributed by atoms with E-state index in [0.29, 0.717) is 0 Å². The molecule has 0 unspecified atom stereocenters. The van der Waals surface area contributed by atoms with Gasteiger partial charge in [-0.05, 0) is 61.8 Å². The van der Waals surface area contributed by atoms with Gasteiger partial charge in [0.2, 0.25) is 0 Å². The van der Waals surface area contributed by atoms with E-state index < -0.39 is 0 Å². The number of rotatable bonds is 4. The van der Waals surface area contributed by atoms with Gasteiger partial charge in [-0.2, -0.15) is 0 Å². The average Bonchev–Trinajstić information content (AvgIpc) is 2.39. The van der Waals surface area contributed by atoms with Gasteiger partial charge in [-0.15, -0.1) is 0 Å². The van der Waals surface area contributed by atoms with E-state index in [0.717, 1.165) is 35.4 Å². The fourth-order valence-electron chi connectivity index (χ4n) is 3.10. The summed E-state index contributed by atoms with van der Waals surface area (Å²) in [5, 5.41) is 0. The van der Waals surface area contributed by atoms with E-state index in [2.05, 4.69) is 28.9 Å². The highest BCUT2D eigenvalue weighted by molar-refractivity contribution is 9.10. The first kappa shape index (κ1) is 14.9. The van der Waals surface area contributed by atoms with Gasteiger partial charge in [0.25, 0.3) is 0 Å². The summed E-state index contributed by atoms with van der Waals surface area (Å²) in [6, 6.07) is 6.17. The highest BCUT2D eigenvalue weighted by Crippen LogP contribution is 2.36. The van der Waals surface area contributed by atoms with Crippen molar-refractivity contribution in [3.63, 3.8) is 0 Å². The van der Waals surface area contributed by atoms with Crippen LogP contribution in [-0.4, -0.2) is 12.6 Å². The van der Waals surface area contributed by atoms with E-state index >= 15 is 0 Å². The monoisotopic (exact) mass is 325 g/mol. The number of halogens is 1. The first-order chi connectivity index (χ1) is 9.06. The molecule has 3 heteroatoms. The van der Waals surface area contributed by atoms with Crippen molar-refractivity contribution in [1.29, 1.82) is 0 Å². The smallest absolute Gasteiger partial charge is 0.122 e. The quantitative estimate of drug-likeness (QED) is 0.895. The maximum absolute atomic E-state index is 6.61. The number of hydrogen-bond acceptors (Lipinski definition) is 2. The first-order valence-electron chi connectivity index (χ1n) is 7.17. The Labute approximate surface area is 124 Å². The van der Waals surface area contributed by atoms with Crippen molar-refractivity contribution in [3.8, 4) is 5.75 Å². The lowest BCUT2D eigenvalue weighted by molar-refractivity contribution is 0.227. The summed E-state index contributed by atoms with van der Waals surface area (Å²) in [4.78, 5) is 0. The fourth-order valence-corrected chi connectivity index (χ4v) is 3.51. The van der Waals surface area contributed by atoms with Crippen LogP contribution in [0, 0.1) is 5.92 Å². The third-order valence-corrected chi connectivity index (χ3v) is 4.96. The molecule has 0 aliphatic heterocycles. The van der Waals surface area contributed by atoms with E-state index in [1.54, 1.807) is 7.11 Å². The molecule has 2 rings (SSSR count). The maximum Gasteiger partial charge on any atom is 0.122 e. The van der Waals surface area contributed by atoms with Crippen molar-refractivity contribution in [2.75, 3.05) is 7.11 Å². The highest BCUT2D eigenvalue weighted by Gasteiger charge is 2.31. The zero-order valence-corrected chi connectivity index (χ0v) is 13.5. The predicted molar refractivity (Wildman–Crippen MR) is 83.6 cm³/mol. The lowest BCUT2D eigenvalue weighted by atomic mass is 9.73. The van der Waals surface area contributed by atoms with Crippen LogP contribution < -0.4 is 10.5 Å². The second-order valence-electron chi connectivity index (χ2n) is 5.85. The zero-order chi connectivity index (χ0) is 13.9. The average molecular weight is 326 g/mol. The van der Waals surface area contributed by atoms with Crippen LogP contribution in [0.1, 0.15) is 44.6 Å². The van der Waals surface area contributed by atoms with Crippen LogP contribution in [0.3, 0.4) is 0 Å². The first-order valence-corrected chi connectivity index (χ1v) is 7.97. The number of ether oxygens (including phenoxy) is 1. The second kappa shape index (κ2) is 6.27. The van der Waals surface area contributed by atoms with Crippen LogP contribution in [-0.2, 0) is 6.42 Å². The van der Waals surface area contributed by atoms with Crippen LogP contribution >= 0.6 is 15.9 Å². The maximum atomic E-state index is 6.61. The molecule has 0 heterocycles. The lowest BCUT2D eigenvalue weighted by Crippen LogP contribution is -2.45. The molecule has 1 aliphatic rings. The third kappa shape index (κ3) is 3.73. The Morgan fingerprint density at radius 2 is 2.05 bits per heavy atom. The SMILES string of the molecule is CCC1CCC(N)(Cc2cc(Br)ccc2OC)CC1.